The molecule has 1 aliphatic rings. The van der Waals surface area contributed by atoms with Crippen molar-refractivity contribution in [3.63, 3.8) is 0 Å². The van der Waals surface area contributed by atoms with Crippen molar-refractivity contribution >= 4 is 5.91 Å². The molecule has 1 N–H and O–H groups in total. The van der Waals surface area contributed by atoms with Gasteiger partial charge in [-0.2, -0.15) is 0 Å². The Labute approximate surface area is 62.0 Å². The number of amides is 1. The highest BCUT2D eigenvalue weighted by Crippen LogP contribution is 2.23. The van der Waals surface area contributed by atoms with Gasteiger partial charge in [-0.15, -0.1) is 0 Å². The van der Waals surface area contributed by atoms with Gasteiger partial charge in [0.1, 0.15) is 0 Å². The number of piperidine rings is 1. The summed E-state index contributed by atoms with van der Waals surface area (Å²) in [5.41, 5.74) is 0. The van der Waals surface area contributed by atoms with Crippen LogP contribution in [-0.4, -0.2) is 12.5 Å². The van der Waals surface area contributed by atoms with Gasteiger partial charge in [0.05, 0.1) is 0 Å². The lowest BCUT2D eigenvalue weighted by Crippen LogP contribution is -2.44. The van der Waals surface area contributed by atoms with E-state index >= 15 is 0 Å². The lowest BCUT2D eigenvalue weighted by Gasteiger charge is -2.31. The summed E-state index contributed by atoms with van der Waals surface area (Å²) in [7, 11) is 0. The molecule has 10 heavy (non-hydrogen) atoms. The second-order valence-electron chi connectivity index (χ2n) is 3.37. The molecule has 0 aromatic heterocycles. The maximum atomic E-state index is 11.0. The van der Waals surface area contributed by atoms with Crippen molar-refractivity contribution < 1.29 is 4.79 Å². The van der Waals surface area contributed by atoms with Gasteiger partial charge in [-0.25, -0.2) is 0 Å². The first-order chi connectivity index (χ1) is 4.63. The fourth-order valence-corrected chi connectivity index (χ4v) is 1.34. The molecule has 58 valence electrons. The van der Waals surface area contributed by atoms with Gasteiger partial charge in [0, 0.05) is 12.5 Å². The van der Waals surface area contributed by atoms with Crippen LogP contribution in [0.5, 0.6) is 0 Å². The largest absolute Gasteiger partial charge is 0.356 e. The highest BCUT2D eigenvalue weighted by Gasteiger charge is 2.29. The second kappa shape index (κ2) is 2.60. The number of carbonyl (C=O) groups excluding carboxylic acids is 1. The summed E-state index contributed by atoms with van der Waals surface area (Å²) in [5.74, 6) is 1.58. The molecule has 0 spiro atoms. The fourth-order valence-electron chi connectivity index (χ4n) is 1.34. The van der Waals surface area contributed by atoms with Crippen molar-refractivity contribution in [3.8, 4) is 0 Å². The molecule has 0 aliphatic carbocycles. The van der Waals surface area contributed by atoms with Crippen LogP contribution in [-0.2, 0) is 4.79 Å². The van der Waals surface area contributed by atoms with Crippen LogP contribution in [0.1, 0.15) is 20.8 Å². The van der Waals surface area contributed by atoms with Gasteiger partial charge in [0.2, 0.25) is 5.91 Å². The fraction of sp³-hybridized carbons (Fsp3) is 0.875. The molecule has 1 rings (SSSR count). The first-order valence-electron chi connectivity index (χ1n) is 3.90. The van der Waals surface area contributed by atoms with E-state index in [-0.39, 0.29) is 11.8 Å². The number of rotatable bonds is 0. The minimum Gasteiger partial charge on any atom is -0.356 e. The van der Waals surface area contributed by atoms with Crippen molar-refractivity contribution in [1.29, 1.82) is 0 Å². The van der Waals surface area contributed by atoms with Crippen molar-refractivity contribution in [2.45, 2.75) is 20.8 Å². The molecular weight excluding hydrogens is 126 g/mol. The number of nitrogens with one attached hydrogen (secondary N) is 1. The summed E-state index contributed by atoms with van der Waals surface area (Å²) in [5, 5.41) is 2.87. The van der Waals surface area contributed by atoms with Crippen LogP contribution in [0.4, 0.5) is 0 Å². The summed E-state index contributed by atoms with van der Waals surface area (Å²) in [6, 6.07) is 0. The van der Waals surface area contributed by atoms with E-state index in [1.54, 1.807) is 0 Å². The maximum absolute atomic E-state index is 11.0. The topological polar surface area (TPSA) is 29.1 Å². The second-order valence-corrected chi connectivity index (χ2v) is 3.37. The zero-order chi connectivity index (χ0) is 7.72. The Balaban J connectivity index is 2.60. The van der Waals surface area contributed by atoms with Gasteiger partial charge in [0.15, 0.2) is 0 Å². The van der Waals surface area contributed by atoms with Gasteiger partial charge in [-0.3, -0.25) is 4.79 Å². The Kier molecular flexibility index (Phi) is 1.97. The Bertz CT molecular complexity index is 144. The molecule has 3 atom stereocenters. The molecular formula is C8H15NO. The molecule has 0 radical (unpaired) electrons. The van der Waals surface area contributed by atoms with E-state index in [9.17, 15) is 4.79 Å². The van der Waals surface area contributed by atoms with Crippen molar-refractivity contribution in [2.24, 2.45) is 17.8 Å². The molecule has 1 fully saturated rings. The summed E-state index contributed by atoms with van der Waals surface area (Å²) in [6.45, 7) is 7.18. The van der Waals surface area contributed by atoms with Crippen LogP contribution in [0.2, 0.25) is 0 Å². The predicted octanol–water partition coefficient (Wildman–Crippen LogP) is 1.02. The standard InChI is InChI=1S/C8H15NO/c1-5-4-9-8(10)7(3)6(5)2/h5-7H,4H2,1-3H3,(H,9,10)/t5-,6?,7+/m1/s1. The van der Waals surface area contributed by atoms with Crippen molar-refractivity contribution in [1.82, 2.24) is 5.32 Å². The molecule has 2 nitrogen and oxygen atoms in total. The van der Waals surface area contributed by atoms with Crippen LogP contribution in [0, 0.1) is 17.8 Å². The van der Waals surface area contributed by atoms with Crippen molar-refractivity contribution in [3.05, 3.63) is 0 Å². The molecule has 0 aromatic carbocycles. The average Bonchev–Trinajstić information content (AvgIpc) is 1.93. The van der Waals surface area contributed by atoms with E-state index < -0.39 is 0 Å². The van der Waals surface area contributed by atoms with E-state index in [2.05, 4.69) is 19.2 Å². The Hall–Kier alpha value is -0.530. The average molecular weight is 141 g/mol. The Morgan fingerprint density at radius 2 is 2.00 bits per heavy atom. The monoisotopic (exact) mass is 141 g/mol. The van der Waals surface area contributed by atoms with E-state index in [0.29, 0.717) is 11.8 Å². The van der Waals surface area contributed by atoms with Crippen molar-refractivity contribution in [2.75, 3.05) is 6.54 Å². The smallest absolute Gasteiger partial charge is 0.223 e. The summed E-state index contributed by atoms with van der Waals surface area (Å²) < 4.78 is 0. The zero-order valence-electron chi connectivity index (χ0n) is 6.85. The van der Waals surface area contributed by atoms with E-state index in [1.807, 2.05) is 6.92 Å². The lowest BCUT2D eigenvalue weighted by atomic mass is 9.81. The van der Waals surface area contributed by atoms with Crippen LogP contribution >= 0.6 is 0 Å². The molecule has 0 bridgehead atoms. The highest BCUT2D eigenvalue weighted by molar-refractivity contribution is 5.79. The minimum atomic E-state index is 0.198. The Morgan fingerprint density at radius 1 is 1.40 bits per heavy atom. The van der Waals surface area contributed by atoms with E-state index in [4.69, 9.17) is 0 Å². The number of hydrogen-bond acceptors (Lipinski definition) is 1. The SMILES string of the molecule is CC1[C@H](C)CNC(=O)[C@H]1C. The van der Waals surface area contributed by atoms with Gasteiger partial charge in [-0.05, 0) is 11.8 Å². The quantitative estimate of drug-likeness (QED) is 0.536. The molecule has 1 amide bonds. The summed E-state index contributed by atoms with van der Waals surface area (Å²) in [6.07, 6.45) is 0. The van der Waals surface area contributed by atoms with Gasteiger partial charge >= 0.3 is 0 Å². The molecule has 1 aliphatic heterocycles. The minimum absolute atomic E-state index is 0.198. The first-order valence-corrected chi connectivity index (χ1v) is 3.90. The third-order valence-corrected chi connectivity index (χ3v) is 2.70. The lowest BCUT2D eigenvalue weighted by molar-refractivity contribution is -0.129. The van der Waals surface area contributed by atoms with Crippen LogP contribution in [0.3, 0.4) is 0 Å². The summed E-state index contributed by atoms with van der Waals surface area (Å²) >= 11 is 0. The summed E-state index contributed by atoms with van der Waals surface area (Å²) in [4.78, 5) is 11.0. The molecule has 0 aromatic rings. The molecule has 2 heteroatoms. The molecule has 1 saturated heterocycles. The van der Waals surface area contributed by atoms with Crippen LogP contribution in [0.25, 0.3) is 0 Å². The van der Waals surface area contributed by atoms with Gasteiger partial charge < -0.3 is 5.32 Å². The maximum Gasteiger partial charge on any atom is 0.223 e. The van der Waals surface area contributed by atoms with Gasteiger partial charge in [-0.1, -0.05) is 20.8 Å². The highest BCUT2D eigenvalue weighted by atomic mass is 16.1. The zero-order valence-corrected chi connectivity index (χ0v) is 6.85. The molecule has 0 saturated carbocycles. The molecule has 1 unspecified atom stereocenters. The van der Waals surface area contributed by atoms with Crippen LogP contribution < -0.4 is 5.32 Å². The third kappa shape index (κ3) is 1.15. The third-order valence-electron chi connectivity index (χ3n) is 2.70. The van der Waals surface area contributed by atoms with Gasteiger partial charge in [0.25, 0.3) is 0 Å². The number of hydrogen-bond donors (Lipinski definition) is 1. The normalized spacial score (nSPS) is 41.1. The Morgan fingerprint density at radius 3 is 2.50 bits per heavy atom. The van der Waals surface area contributed by atoms with E-state index in [0.717, 1.165) is 6.54 Å². The predicted molar refractivity (Wildman–Crippen MR) is 40.5 cm³/mol. The number of carbonyl (C=O) groups is 1. The van der Waals surface area contributed by atoms with Crippen LogP contribution in [0.15, 0.2) is 0 Å². The molecule has 1 heterocycles. The first kappa shape index (κ1) is 7.58. The van der Waals surface area contributed by atoms with E-state index in [1.165, 1.54) is 0 Å².